The summed E-state index contributed by atoms with van der Waals surface area (Å²) in [5, 5.41) is 13.0. The number of benzene rings is 1. The molecule has 1 aromatic carbocycles. The SMILES string of the molecule is COC(=O)C1c2ccsc2CCN1C(=O)c1ccccc1[N+](=O)[O-]. The molecule has 1 aromatic heterocycles. The summed E-state index contributed by atoms with van der Waals surface area (Å²) < 4.78 is 4.85. The lowest BCUT2D eigenvalue weighted by molar-refractivity contribution is -0.385. The Bertz CT molecular complexity index is 816. The zero-order valence-electron chi connectivity index (χ0n) is 12.8. The highest BCUT2D eigenvalue weighted by Crippen LogP contribution is 2.35. The van der Waals surface area contributed by atoms with Gasteiger partial charge in [0.25, 0.3) is 11.6 Å². The molecule has 0 spiro atoms. The van der Waals surface area contributed by atoms with Gasteiger partial charge in [-0.15, -0.1) is 11.3 Å². The summed E-state index contributed by atoms with van der Waals surface area (Å²) in [5.74, 6) is -1.10. The summed E-state index contributed by atoms with van der Waals surface area (Å²) >= 11 is 1.52. The van der Waals surface area contributed by atoms with Crippen LogP contribution in [0.2, 0.25) is 0 Å². The summed E-state index contributed by atoms with van der Waals surface area (Å²) in [6.45, 7) is 0.304. The van der Waals surface area contributed by atoms with E-state index in [0.29, 0.717) is 13.0 Å². The van der Waals surface area contributed by atoms with Crippen molar-refractivity contribution in [1.82, 2.24) is 4.90 Å². The van der Waals surface area contributed by atoms with Crippen molar-refractivity contribution < 1.29 is 19.2 Å². The minimum absolute atomic E-state index is 0.0323. The van der Waals surface area contributed by atoms with Crippen molar-refractivity contribution in [3.63, 3.8) is 0 Å². The number of hydrogen-bond donors (Lipinski definition) is 0. The van der Waals surface area contributed by atoms with Crippen molar-refractivity contribution in [2.75, 3.05) is 13.7 Å². The number of hydrogen-bond acceptors (Lipinski definition) is 6. The molecule has 2 aromatic rings. The van der Waals surface area contributed by atoms with Crippen molar-refractivity contribution in [3.8, 4) is 0 Å². The first kappa shape index (κ1) is 16.1. The molecule has 0 fully saturated rings. The van der Waals surface area contributed by atoms with Crippen LogP contribution in [0, 0.1) is 10.1 Å². The van der Waals surface area contributed by atoms with Gasteiger partial charge >= 0.3 is 5.97 Å². The van der Waals surface area contributed by atoms with E-state index in [9.17, 15) is 19.7 Å². The highest BCUT2D eigenvalue weighted by molar-refractivity contribution is 7.10. The number of ether oxygens (including phenoxy) is 1. The van der Waals surface area contributed by atoms with Crippen LogP contribution in [0.25, 0.3) is 0 Å². The second kappa shape index (κ2) is 6.40. The molecule has 124 valence electrons. The van der Waals surface area contributed by atoms with Crippen molar-refractivity contribution in [1.29, 1.82) is 0 Å². The Labute approximate surface area is 141 Å². The van der Waals surface area contributed by atoms with Crippen LogP contribution in [-0.2, 0) is 16.0 Å². The molecule has 3 rings (SSSR count). The molecule has 0 aliphatic carbocycles. The molecule has 0 saturated carbocycles. The average molecular weight is 346 g/mol. The van der Waals surface area contributed by atoms with Crippen LogP contribution in [0.3, 0.4) is 0 Å². The van der Waals surface area contributed by atoms with Gasteiger partial charge < -0.3 is 9.64 Å². The Hall–Kier alpha value is -2.74. The fourth-order valence-electron chi connectivity index (χ4n) is 2.87. The lowest BCUT2D eigenvalue weighted by Crippen LogP contribution is -2.43. The van der Waals surface area contributed by atoms with E-state index in [-0.39, 0.29) is 11.3 Å². The maximum absolute atomic E-state index is 12.9. The molecule has 1 aliphatic heterocycles. The third-order valence-corrected chi connectivity index (χ3v) is 4.98. The van der Waals surface area contributed by atoms with Gasteiger partial charge in [0.1, 0.15) is 5.56 Å². The second-order valence-corrected chi connectivity index (χ2v) is 6.25. The Morgan fingerprint density at radius 2 is 2.08 bits per heavy atom. The number of fused-ring (bicyclic) bond motifs is 1. The number of nitro groups is 1. The van der Waals surface area contributed by atoms with E-state index < -0.39 is 22.8 Å². The number of methoxy groups -OCH3 is 1. The molecule has 24 heavy (non-hydrogen) atoms. The number of esters is 1. The predicted octanol–water partition coefficient (Wildman–Crippen LogP) is 2.57. The van der Waals surface area contributed by atoms with Gasteiger partial charge in [0, 0.05) is 17.5 Å². The summed E-state index contributed by atoms with van der Waals surface area (Å²) in [7, 11) is 1.26. The van der Waals surface area contributed by atoms with E-state index in [2.05, 4.69) is 0 Å². The lowest BCUT2D eigenvalue weighted by Gasteiger charge is -2.33. The monoisotopic (exact) mass is 346 g/mol. The number of carbonyl (C=O) groups is 2. The van der Waals surface area contributed by atoms with E-state index in [0.717, 1.165) is 10.4 Å². The Morgan fingerprint density at radius 1 is 1.33 bits per heavy atom. The van der Waals surface area contributed by atoms with Crippen LogP contribution in [0.5, 0.6) is 0 Å². The van der Waals surface area contributed by atoms with Gasteiger partial charge in [-0.3, -0.25) is 14.9 Å². The van der Waals surface area contributed by atoms with Crippen LogP contribution in [0.15, 0.2) is 35.7 Å². The van der Waals surface area contributed by atoms with Crippen LogP contribution in [0.1, 0.15) is 26.8 Å². The highest BCUT2D eigenvalue weighted by Gasteiger charge is 2.39. The highest BCUT2D eigenvalue weighted by atomic mass is 32.1. The van der Waals surface area contributed by atoms with Crippen molar-refractivity contribution >= 4 is 28.9 Å². The van der Waals surface area contributed by atoms with Gasteiger partial charge in [0.05, 0.1) is 12.0 Å². The first-order chi connectivity index (χ1) is 11.5. The summed E-state index contributed by atoms with van der Waals surface area (Å²) in [6.07, 6.45) is 0.604. The maximum Gasteiger partial charge on any atom is 0.333 e. The molecule has 0 radical (unpaired) electrons. The van der Waals surface area contributed by atoms with E-state index in [4.69, 9.17) is 4.74 Å². The molecule has 0 bridgehead atoms. The van der Waals surface area contributed by atoms with Gasteiger partial charge in [-0.1, -0.05) is 12.1 Å². The van der Waals surface area contributed by atoms with Crippen LogP contribution < -0.4 is 0 Å². The lowest BCUT2D eigenvalue weighted by atomic mass is 9.98. The first-order valence-electron chi connectivity index (χ1n) is 7.23. The van der Waals surface area contributed by atoms with E-state index in [1.165, 1.54) is 41.5 Å². The third-order valence-electron chi connectivity index (χ3n) is 3.98. The number of nitrogens with zero attached hydrogens (tertiary/aromatic N) is 2. The Balaban J connectivity index is 2.03. The van der Waals surface area contributed by atoms with Gasteiger partial charge in [-0.05, 0) is 29.5 Å². The second-order valence-electron chi connectivity index (χ2n) is 5.25. The van der Waals surface area contributed by atoms with Gasteiger partial charge in [0.15, 0.2) is 6.04 Å². The van der Waals surface area contributed by atoms with Gasteiger partial charge in [0.2, 0.25) is 0 Å². The molecular formula is C16H14N2O5S. The number of nitro benzene ring substituents is 1. The van der Waals surface area contributed by atoms with Crippen LogP contribution in [-0.4, -0.2) is 35.4 Å². The smallest absolute Gasteiger partial charge is 0.333 e. The Morgan fingerprint density at radius 3 is 2.79 bits per heavy atom. The molecule has 7 nitrogen and oxygen atoms in total. The molecule has 1 atom stereocenters. The average Bonchev–Trinajstić information content (AvgIpc) is 3.08. The summed E-state index contributed by atoms with van der Waals surface area (Å²) in [5.41, 5.74) is 0.419. The number of amides is 1. The van der Waals surface area contributed by atoms with Crippen LogP contribution in [0.4, 0.5) is 5.69 Å². The number of carbonyl (C=O) groups excluding carboxylic acids is 2. The zero-order chi connectivity index (χ0) is 17.3. The van der Waals surface area contributed by atoms with Gasteiger partial charge in [-0.2, -0.15) is 0 Å². The zero-order valence-corrected chi connectivity index (χ0v) is 13.6. The Kier molecular flexibility index (Phi) is 4.30. The molecule has 0 saturated heterocycles. The number of thiophene rings is 1. The summed E-state index contributed by atoms with van der Waals surface area (Å²) in [6, 6.07) is 6.66. The fraction of sp³-hybridized carbons (Fsp3) is 0.250. The first-order valence-corrected chi connectivity index (χ1v) is 8.11. The number of para-hydroxylation sites is 1. The topological polar surface area (TPSA) is 89.8 Å². The molecule has 1 aliphatic rings. The van der Waals surface area contributed by atoms with E-state index >= 15 is 0 Å². The van der Waals surface area contributed by atoms with Crippen molar-refractivity contribution in [2.45, 2.75) is 12.5 Å². The third kappa shape index (κ3) is 2.65. The standard InChI is InChI=1S/C16H14N2O5S/c1-23-16(20)14-11-7-9-24-13(11)6-8-17(14)15(19)10-4-2-3-5-12(10)18(21)22/h2-5,7,9,14H,6,8H2,1H3. The molecule has 0 N–H and O–H groups in total. The number of rotatable bonds is 3. The van der Waals surface area contributed by atoms with Crippen LogP contribution >= 0.6 is 11.3 Å². The molecule has 8 heteroatoms. The predicted molar refractivity (Wildman–Crippen MR) is 86.9 cm³/mol. The van der Waals surface area contributed by atoms with E-state index in [1.54, 1.807) is 12.1 Å². The van der Waals surface area contributed by atoms with E-state index in [1.807, 2.05) is 5.38 Å². The molecule has 1 unspecified atom stereocenters. The van der Waals surface area contributed by atoms with Crippen molar-refractivity contribution in [3.05, 3.63) is 61.8 Å². The minimum atomic E-state index is -0.877. The molecule has 1 amide bonds. The normalized spacial score (nSPS) is 16.4. The minimum Gasteiger partial charge on any atom is -0.467 e. The summed E-state index contributed by atoms with van der Waals surface area (Å²) in [4.78, 5) is 38.1. The molecule has 2 heterocycles. The quantitative estimate of drug-likeness (QED) is 0.484. The molecular weight excluding hydrogens is 332 g/mol. The largest absolute Gasteiger partial charge is 0.467 e. The fourth-order valence-corrected chi connectivity index (χ4v) is 3.77. The van der Waals surface area contributed by atoms with Gasteiger partial charge in [-0.25, -0.2) is 4.79 Å². The maximum atomic E-state index is 12.9. The van der Waals surface area contributed by atoms with Crippen molar-refractivity contribution in [2.24, 2.45) is 0 Å².